The van der Waals surface area contributed by atoms with Crippen LogP contribution < -0.4 is 4.72 Å². The number of hydrogen-bond donors (Lipinski definition) is 1. The number of nitrogens with one attached hydrogen (secondary N) is 1. The van der Waals surface area contributed by atoms with E-state index in [1.165, 1.54) is 4.31 Å². The lowest BCUT2D eigenvalue weighted by atomic mass is 10.3. The summed E-state index contributed by atoms with van der Waals surface area (Å²) in [5.74, 6) is 0.0671. The van der Waals surface area contributed by atoms with Crippen molar-refractivity contribution in [2.75, 3.05) is 24.6 Å². The Morgan fingerprint density at radius 1 is 1.21 bits per heavy atom. The third kappa shape index (κ3) is 1.79. The highest BCUT2D eigenvalue weighted by Gasteiger charge is 2.40. The zero-order valence-electron chi connectivity index (χ0n) is 7.51. The molecule has 6 nitrogen and oxygen atoms in total. The lowest BCUT2D eigenvalue weighted by Crippen LogP contribution is -2.39. The minimum Gasteiger partial charge on any atom is -0.229 e. The first-order valence-electron chi connectivity index (χ1n) is 4.38. The molecule has 2 saturated heterocycles. The standard InChI is InChI=1S/C6H12N2O4S2/c9-13(10)4-1-6(5-13)8-3-2-7-14(8,11)12/h6-7H,1-5H2. The van der Waals surface area contributed by atoms with Gasteiger partial charge in [-0.2, -0.15) is 12.7 Å². The minimum absolute atomic E-state index is 0.0338. The molecule has 2 aliphatic heterocycles. The molecule has 2 rings (SSSR count). The first kappa shape index (κ1) is 10.3. The third-order valence-corrected chi connectivity index (χ3v) is 5.96. The second-order valence-electron chi connectivity index (χ2n) is 3.57. The van der Waals surface area contributed by atoms with E-state index < -0.39 is 20.0 Å². The largest absolute Gasteiger partial charge is 0.279 e. The molecule has 2 fully saturated rings. The molecule has 0 amide bonds. The van der Waals surface area contributed by atoms with Crippen LogP contribution in [-0.4, -0.2) is 51.8 Å². The molecule has 0 bridgehead atoms. The molecule has 0 aliphatic carbocycles. The Balaban J connectivity index is 2.19. The Morgan fingerprint density at radius 3 is 2.36 bits per heavy atom. The molecule has 0 aromatic rings. The van der Waals surface area contributed by atoms with E-state index in [1.54, 1.807) is 0 Å². The van der Waals surface area contributed by atoms with Crippen LogP contribution >= 0.6 is 0 Å². The first-order valence-corrected chi connectivity index (χ1v) is 7.64. The zero-order valence-corrected chi connectivity index (χ0v) is 9.14. The van der Waals surface area contributed by atoms with Gasteiger partial charge in [-0.05, 0) is 6.42 Å². The van der Waals surface area contributed by atoms with Gasteiger partial charge in [0.1, 0.15) is 0 Å². The monoisotopic (exact) mass is 240 g/mol. The average molecular weight is 240 g/mol. The maximum atomic E-state index is 11.4. The highest BCUT2D eigenvalue weighted by Crippen LogP contribution is 2.21. The summed E-state index contributed by atoms with van der Waals surface area (Å²) in [6, 6.07) is -0.361. The van der Waals surface area contributed by atoms with Crippen LogP contribution in [0.1, 0.15) is 6.42 Å². The number of nitrogens with zero attached hydrogens (tertiary/aromatic N) is 1. The van der Waals surface area contributed by atoms with E-state index in [1.807, 2.05) is 0 Å². The highest BCUT2D eigenvalue weighted by molar-refractivity contribution is 7.91. The Bertz CT molecular complexity index is 427. The summed E-state index contributed by atoms with van der Waals surface area (Å²) in [7, 11) is -6.42. The lowest BCUT2D eigenvalue weighted by molar-refractivity contribution is 0.371. The Hall–Kier alpha value is -0.180. The van der Waals surface area contributed by atoms with E-state index in [0.29, 0.717) is 19.5 Å². The van der Waals surface area contributed by atoms with Crippen molar-refractivity contribution in [1.82, 2.24) is 9.03 Å². The molecule has 2 heterocycles. The van der Waals surface area contributed by atoms with Gasteiger partial charge in [0.2, 0.25) is 0 Å². The van der Waals surface area contributed by atoms with Crippen molar-refractivity contribution < 1.29 is 16.8 Å². The normalized spacial score (nSPS) is 36.1. The van der Waals surface area contributed by atoms with Crippen molar-refractivity contribution in [3.8, 4) is 0 Å². The third-order valence-electron chi connectivity index (χ3n) is 2.54. The van der Waals surface area contributed by atoms with Gasteiger partial charge >= 0.3 is 0 Å². The summed E-state index contributed by atoms with van der Waals surface area (Å²) in [6.07, 6.45) is 0.420. The van der Waals surface area contributed by atoms with Gasteiger partial charge in [0.15, 0.2) is 9.84 Å². The van der Waals surface area contributed by atoms with E-state index in [2.05, 4.69) is 4.72 Å². The summed E-state index contributed by atoms with van der Waals surface area (Å²) < 4.78 is 48.7. The van der Waals surface area contributed by atoms with E-state index in [4.69, 9.17) is 0 Å². The molecule has 82 valence electrons. The van der Waals surface area contributed by atoms with E-state index in [9.17, 15) is 16.8 Å². The number of hydrogen-bond acceptors (Lipinski definition) is 4. The van der Waals surface area contributed by atoms with Gasteiger partial charge in [0.25, 0.3) is 10.2 Å². The second kappa shape index (κ2) is 3.16. The van der Waals surface area contributed by atoms with Crippen LogP contribution in [0.4, 0.5) is 0 Å². The van der Waals surface area contributed by atoms with Crippen LogP contribution in [0.5, 0.6) is 0 Å². The van der Waals surface area contributed by atoms with Crippen molar-refractivity contribution in [1.29, 1.82) is 0 Å². The molecular weight excluding hydrogens is 228 g/mol. The minimum atomic E-state index is -3.40. The van der Waals surface area contributed by atoms with Crippen molar-refractivity contribution in [2.24, 2.45) is 0 Å². The molecule has 1 N–H and O–H groups in total. The lowest BCUT2D eigenvalue weighted by Gasteiger charge is -2.19. The molecule has 2 aliphatic rings. The number of sulfone groups is 1. The average Bonchev–Trinajstić information content (AvgIpc) is 2.53. The maximum absolute atomic E-state index is 11.4. The fourth-order valence-electron chi connectivity index (χ4n) is 1.87. The van der Waals surface area contributed by atoms with Crippen molar-refractivity contribution >= 4 is 20.0 Å². The van der Waals surface area contributed by atoms with Crippen LogP contribution in [0.2, 0.25) is 0 Å². The summed E-state index contributed by atoms with van der Waals surface area (Å²) >= 11 is 0. The summed E-state index contributed by atoms with van der Waals surface area (Å²) in [6.45, 7) is 0.751. The predicted molar refractivity (Wildman–Crippen MR) is 50.7 cm³/mol. The molecule has 8 heteroatoms. The molecule has 1 unspecified atom stereocenters. The maximum Gasteiger partial charge on any atom is 0.279 e. The molecule has 0 saturated carbocycles. The van der Waals surface area contributed by atoms with Crippen LogP contribution in [0.15, 0.2) is 0 Å². The first-order chi connectivity index (χ1) is 6.41. The zero-order chi connectivity index (χ0) is 10.4. The van der Waals surface area contributed by atoms with E-state index in [0.717, 1.165) is 0 Å². The molecule has 1 atom stereocenters. The topological polar surface area (TPSA) is 83.6 Å². The van der Waals surface area contributed by atoms with Crippen LogP contribution in [0.3, 0.4) is 0 Å². The van der Waals surface area contributed by atoms with E-state index in [-0.39, 0.29) is 17.5 Å². The predicted octanol–water partition coefficient (Wildman–Crippen LogP) is -1.68. The molecular formula is C6H12N2O4S2. The van der Waals surface area contributed by atoms with Gasteiger partial charge in [-0.15, -0.1) is 0 Å². The Kier molecular flexibility index (Phi) is 2.33. The smallest absolute Gasteiger partial charge is 0.229 e. The fourth-order valence-corrected chi connectivity index (χ4v) is 5.11. The Labute approximate surface area is 83.4 Å². The van der Waals surface area contributed by atoms with Gasteiger partial charge in [-0.25, -0.2) is 13.1 Å². The van der Waals surface area contributed by atoms with Crippen molar-refractivity contribution in [3.63, 3.8) is 0 Å². The van der Waals surface area contributed by atoms with Crippen LogP contribution in [-0.2, 0) is 20.0 Å². The van der Waals surface area contributed by atoms with Gasteiger partial charge in [0.05, 0.1) is 11.5 Å². The fraction of sp³-hybridized carbons (Fsp3) is 1.00. The Morgan fingerprint density at radius 2 is 1.93 bits per heavy atom. The van der Waals surface area contributed by atoms with Gasteiger partial charge in [-0.1, -0.05) is 0 Å². The summed E-state index contributed by atoms with van der Waals surface area (Å²) in [5, 5.41) is 0. The number of rotatable bonds is 1. The van der Waals surface area contributed by atoms with Crippen molar-refractivity contribution in [3.05, 3.63) is 0 Å². The van der Waals surface area contributed by atoms with Crippen molar-refractivity contribution in [2.45, 2.75) is 12.5 Å². The van der Waals surface area contributed by atoms with Crippen LogP contribution in [0, 0.1) is 0 Å². The SMILES string of the molecule is O=S1(=O)CCC(N2CCNS2(=O)=O)C1. The quantitative estimate of drug-likeness (QED) is 0.593. The molecule has 0 radical (unpaired) electrons. The van der Waals surface area contributed by atoms with E-state index >= 15 is 0 Å². The second-order valence-corrected chi connectivity index (χ2v) is 7.50. The molecule has 0 aromatic carbocycles. The highest BCUT2D eigenvalue weighted by atomic mass is 32.2. The molecule has 0 spiro atoms. The summed E-state index contributed by atoms with van der Waals surface area (Å²) in [4.78, 5) is 0. The van der Waals surface area contributed by atoms with Gasteiger partial charge in [-0.3, -0.25) is 0 Å². The van der Waals surface area contributed by atoms with Crippen LogP contribution in [0.25, 0.3) is 0 Å². The molecule has 0 aromatic heterocycles. The molecule has 14 heavy (non-hydrogen) atoms. The van der Waals surface area contributed by atoms with Gasteiger partial charge in [0, 0.05) is 19.1 Å². The van der Waals surface area contributed by atoms with Gasteiger partial charge < -0.3 is 0 Å². The summed E-state index contributed by atoms with van der Waals surface area (Å²) in [5.41, 5.74) is 0.